The van der Waals surface area contributed by atoms with Crippen molar-refractivity contribution in [3.8, 4) is 0 Å². The summed E-state index contributed by atoms with van der Waals surface area (Å²) in [6.45, 7) is -0.0684. The largest absolute Gasteiger partial charge is 0.420 e. The number of alkyl halides is 3. The van der Waals surface area contributed by atoms with Crippen LogP contribution in [0.25, 0.3) is 0 Å². The highest BCUT2D eigenvalue weighted by atomic mass is 19.4. The number of carbonyl (C=O) groups is 1. The minimum absolute atomic E-state index is 0.584. The normalized spacial score (nSPS) is 22.9. The van der Waals surface area contributed by atoms with Gasteiger partial charge in [-0.25, -0.2) is 0 Å². The summed E-state index contributed by atoms with van der Waals surface area (Å²) in [5, 5.41) is 8.99. The van der Waals surface area contributed by atoms with E-state index in [1.54, 1.807) is 0 Å². The standard InChI is InChI=1S/C7H11F3N2O2/c1-4(11)5(13)12-2-6(14,3-12)7(8,9)10/h4,14H,2-3,11H2,1H3. The fourth-order valence-electron chi connectivity index (χ4n) is 1.21. The Morgan fingerprint density at radius 1 is 1.57 bits per heavy atom. The first-order valence-corrected chi connectivity index (χ1v) is 4.01. The number of halogens is 3. The zero-order valence-corrected chi connectivity index (χ0v) is 7.51. The number of nitrogens with two attached hydrogens (primary N) is 1. The molecule has 1 unspecified atom stereocenters. The molecule has 0 aromatic rings. The van der Waals surface area contributed by atoms with Crippen LogP contribution in [0.1, 0.15) is 6.92 Å². The Morgan fingerprint density at radius 2 is 2.00 bits per heavy atom. The van der Waals surface area contributed by atoms with Crippen molar-refractivity contribution in [1.82, 2.24) is 4.90 Å². The molecular formula is C7H11F3N2O2. The van der Waals surface area contributed by atoms with Gasteiger partial charge in [-0.2, -0.15) is 13.2 Å². The quantitative estimate of drug-likeness (QED) is 0.614. The maximum absolute atomic E-state index is 12.1. The molecule has 1 saturated heterocycles. The van der Waals surface area contributed by atoms with Crippen LogP contribution in [-0.4, -0.2) is 46.8 Å². The lowest BCUT2D eigenvalue weighted by atomic mass is 9.93. The second-order valence-electron chi connectivity index (χ2n) is 3.51. The van der Waals surface area contributed by atoms with E-state index in [0.717, 1.165) is 4.90 Å². The molecule has 1 fully saturated rings. The summed E-state index contributed by atoms with van der Waals surface area (Å²) in [6.07, 6.45) is -4.69. The third-order valence-corrected chi connectivity index (χ3v) is 2.13. The number of nitrogens with zero attached hydrogens (tertiary/aromatic N) is 1. The van der Waals surface area contributed by atoms with E-state index in [1.165, 1.54) is 6.92 Å². The highest BCUT2D eigenvalue weighted by Gasteiger charge is 2.62. The second-order valence-corrected chi connectivity index (χ2v) is 3.51. The Balaban J connectivity index is 2.55. The molecule has 1 amide bonds. The summed E-state index contributed by atoms with van der Waals surface area (Å²) < 4.78 is 36.3. The lowest BCUT2D eigenvalue weighted by molar-refractivity contribution is -0.297. The Morgan fingerprint density at radius 3 is 2.29 bits per heavy atom. The van der Waals surface area contributed by atoms with Crippen molar-refractivity contribution in [2.45, 2.75) is 24.7 Å². The van der Waals surface area contributed by atoms with Crippen LogP contribution < -0.4 is 5.73 Å². The van der Waals surface area contributed by atoms with Crippen molar-refractivity contribution in [1.29, 1.82) is 0 Å². The highest BCUT2D eigenvalue weighted by Crippen LogP contribution is 2.37. The summed E-state index contributed by atoms with van der Waals surface area (Å²) in [5.74, 6) is -0.584. The number of amides is 1. The van der Waals surface area contributed by atoms with Crippen molar-refractivity contribution in [2.75, 3.05) is 13.1 Å². The first-order valence-electron chi connectivity index (χ1n) is 4.01. The van der Waals surface area contributed by atoms with Gasteiger partial charge in [0.05, 0.1) is 19.1 Å². The zero-order valence-electron chi connectivity index (χ0n) is 7.51. The number of likely N-dealkylation sites (tertiary alicyclic amines) is 1. The van der Waals surface area contributed by atoms with E-state index in [-0.39, 0.29) is 0 Å². The fourth-order valence-corrected chi connectivity index (χ4v) is 1.21. The lowest BCUT2D eigenvalue weighted by Gasteiger charge is -2.47. The van der Waals surface area contributed by atoms with Crippen LogP contribution in [0.3, 0.4) is 0 Å². The Labute approximate surface area is 78.5 Å². The van der Waals surface area contributed by atoms with Gasteiger partial charge in [-0.15, -0.1) is 0 Å². The molecule has 0 radical (unpaired) electrons. The van der Waals surface area contributed by atoms with Crippen LogP contribution in [0, 0.1) is 0 Å². The summed E-state index contributed by atoms with van der Waals surface area (Å²) in [5.41, 5.74) is 2.44. The minimum Gasteiger partial charge on any atom is -0.378 e. The second kappa shape index (κ2) is 3.09. The van der Waals surface area contributed by atoms with E-state index < -0.39 is 36.8 Å². The average Bonchev–Trinajstić information content (AvgIpc) is 1.94. The van der Waals surface area contributed by atoms with Gasteiger partial charge in [0.2, 0.25) is 5.91 Å². The van der Waals surface area contributed by atoms with Crippen LogP contribution in [0.5, 0.6) is 0 Å². The molecule has 1 heterocycles. The topological polar surface area (TPSA) is 66.6 Å². The fraction of sp³-hybridized carbons (Fsp3) is 0.857. The molecule has 1 aliphatic rings. The molecule has 0 saturated carbocycles. The smallest absolute Gasteiger partial charge is 0.378 e. The van der Waals surface area contributed by atoms with E-state index >= 15 is 0 Å². The van der Waals surface area contributed by atoms with Gasteiger partial charge in [0, 0.05) is 0 Å². The molecule has 0 aromatic carbocycles. The third kappa shape index (κ3) is 1.69. The molecular weight excluding hydrogens is 201 g/mol. The van der Waals surface area contributed by atoms with Crippen molar-refractivity contribution < 1.29 is 23.1 Å². The van der Waals surface area contributed by atoms with Gasteiger partial charge < -0.3 is 15.7 Å². The molecule has 0 aliphatic carbocycles. The number of β-amino-alcohol motifs (C(OH)–C–C–N with tert-alkyl or cyclic N) is 1. The monoisotopic (exact) mass is 212 g/mol. The molecule has 14 heavy (non-hydrogen) atoms. The zero-order chi connectivity index (χ0) is 11.1. The first-order chi connectivity index (χ1) is 6.17. The van der Waals surface area contributed by atoms with E-state index in [4.69, 9.17) is 10.8 Å². The molecule has 7 heteroatoms. The van der Waals surface area contributed by atoms with Crippen LogP contribution in [0.4, 0.5) is 13.2 Å². The van der Waals surface area contributed by atoms with Gasteiger partial charge in [0.25, 0.3) is 0 Å². The molecule has 1 atom stereocenters. The Bertz CT molecular complexity index is 246. The van der Waals surface area contributed by atoms with Crippen molar-refractivity contribution in [2.24, 2.45) is 5.73 Å². The predicted octanol–water partition coefficient (Wildman–Crippen LogP) is -0.531. The molecule has 0 aromatic heterocycles. The van der Waals surface area contributed by atoms with Gasteiger partial charge in [0.1, 0.15) is 0 Å². The van der Waals surface area contributed by atoms with Gasteiger partial charge in [-0.3, -0.25) is 4.79 Å². The summed E-state index contributed by atoms with van der Waals surface area (Å²) >= 11 is 0. The average molecular weight is 212 g/mol. The molecule has 0 bridgehead atoms. The van der Waals surface area contributed by atoms with Crippen molar-refractivity contribution in [3.05, 3.63) is 0 Å². The molecule has 82 valence electrons. The minimum atomic E-state index is -4.69. The third-order valence-electron chi connectivity index (χ3n) is 2.13. The van der Waals surface area contributed by atoms with Crippen molar-refractivity contribution >= 4 is 5.91 Å². The number of hydrogen-bond acceptors (Lipinski definition) is 3. The summed E-state index contributed by atoms with van der Waals surface area (Å²) in [7, 11) is 0. The molecule has 1 rings (SSSR count). The van der Waals surface area contributed by atoms with Gasteiger partial charge in [-0.05, 0) is 6.92 Å². The Kier molecular flexibility index (Phi) is 2.49. The molecule has 1 aliphatic heterocycles. The van der Waals surface area contributed by atoms with Gasteiger partial charge in [0.15, 0.2) is 5.60 Å². The summed E-state index contributed by atoms with van der Waals surface area (Å²) in [6, 6.07) is -0.840. The molecule has 4 nitrogen and oxygen atoms in total. The van der Waals surface area contributed by atoms with Gasteiger partial charge in [-0.1, -0.05) is 0 Å². The predicted molar refractivity (Wildman–Crippen MR) is 41.2 cm³/mol. The van der Waals surface area contributed by atoms with Crippen LogP contribution >= 0.6 is 0 Å². The maximum Gasteiger partial charge on any atom is 0.420 e. The van der Waals surface area contributed by atoms with E-state index in [0.29, 0.717) is 0 Å². The number of hydrogen-bond donors (Lipinski definition) is 2. The van der Waals surface area contributed by atoms with E-state index in [2.05, 4.69) is 0 Å². The first kappa shape index (κ1) is 11.3. The van der Waals surface area contributed by atoms with Crippen LogP contribution in [0.15, 0.2) is 0 Å². The van der Waals surface area contributed by atoms with Crippen molar-refractivity contribution in [3.63, 3.8) is 0 Å². The maximum atomic E-state index is 12.1. The SMILES string of the molecule is CC(N)C(=O)N1CC(O)(C(F)(F)F)C1. The van der Waals surface area contributed by atoms with Gasteiger partial charge >= 0.3 is 6.18 Å². The molecule has 0 spiro atoms. The number of carbonyl (C=O) groups excluding carboxylic acids is 1. The lowest BCUT2D eigenvalue weighted by Crippen LogP contribution is -2.71. The Hall–Kier alpha value is -0.820. The highest BCUT2D eigenvalue weighted by molar-refractivity contribution is 5.82. The van der Waals surface area contributed by atoms with Crippen LogP contribution in [-0.2, 0) is 4.79 Å². The van der Waals surface area contributed by atoms with Crippen LogP contribution in [0.2, 0.25) is 0 Å². The number of aliphatic hydroxyl groups is 1. The van der Waals surface area contributed by atoms with E-state index in [1.807, 2.05) is 0 Å². The number of rotatable bonds is 1. The van der Waals surface area contributed by atoms with E-state index in [9.17, 15) is 18.0 Å². The summed E-state index contributed by atoms with van der Waals surface area (Å²) in [4.78, 5) is 11.9. The molecule has 3 N–H and O–H groups in total.